The number of rotatable bonds is 7. The van der Waals surface area contributed by atoms with Crippen LogP contribution in [0.2, 0.25) is 0 Å². The van der Waals surface area contributed by atoms with E-state index in [0.717, 1.165) is 41.8 Å². The van der Waals surface area contributed by atoms with Gasteiger partial charge in [-0.05, 0) is 34.8 Å². The quantitative estimate of drug-likeness (QED) is 0.760. The zero-order valence-electron chi connectivity index (χ0n) is 10.4. The average Bonchev–Trinajstić information content (AvgIpc) is 2.33. The lowest BCUT2D eigenvalue weighted by Gasteiger charge is -2.10. The van der Waals surface area contributed by atoms with E-state index in [9.17, 15) is 0 Å². The number of nitrogen functional groups attached to an aromatic ring is 1. The van der Waals surface area contributed by atoms with E-state index in [-0.39, 0.29) is 0 Å². The topological polar surface area (TPSA) is 60.2 Å². The van der Waals surface area contributed by atoms with Gasteiger partial charge in [0.1, 0.15) is 5.82 Å². The molecule has 1 heterocycles. The molecule has 5 heteroatoms. The Morgan fingerprint density at radius 2 is 2.24 bits per heavy atom. The van der Waals surface area contributed by atoms with Crippen LogP contribution in [0.15, 0.2) is 10.7 Å². The number of nitrogens with two attached hydrogens (primary N) is 1. The maximum atomic E-state index is 5.75. The van der Waals surface area contributed by atoms with Gasteiger partial charge in [0.2, 0.25) is 0 Å². The van der Waals surface area contributed by atoms with Gasteiger partial charge in [0.05, 0.1) is 23.0 Å². The predicted octanol–water partition coefficient (Wildman–Crippen LogP) is 2.96. The number of nitrogens with zero attached hydrogens (tertiary/aromatic N) is 1. The van der Waals surface area contributed by atoms with E-state index in [0.29, 0.717) is 12.3 Å². The van der Waals surface area contributed by atoms with Crippen LogP contribution >= 0.6 is 15.9 Å². The van der Waals surface area contributed by atoms with Crippen molar-refractivity contribution in [3.8, 4) is 0 Å². The summed E-state index contributed by atoms with van der Waals surface area (Å²) in [7, 11) is 0. The zero-order valence-corrected chi connectivity index (χ0v) is 12.0. The molecule has 0 spiro atoms. The lowest BCUT2D eigenvalue weighted by molar-refractivity contribution is 0.141. The minimum absolute atomic E-state index is 0.692. The molecule has 96 valence electrons. The highest BCUT2D eigenvalue weighted by Crippen LogP contribution is 2.27. The molecule has 4 nitrogen and oxygen atoms in total. The predicted molar refractivity (Wildman–Crippen MR) is 75.3 cm³/mol. The molecule has 0 aliphatic heterocycles. The lowest BCUT2D eigenvalue weighted by atomic mass is 10.2. The van der Waals surface area contributed by atoms with Crippen molar-refractivity contribution >= 4 is 27.4 Å². The Labute approximate surface area is 111 Å². The smallest absolute Gasteiger partial charge is 0.140 e. The monoisotopic (exact) mass is 301 g/mol. The summed E-state index contributed by atoms with van der Waals surface area (Å²) in [4.78, 5) is 4.23. The van der Waals surface area contributed by atoms with Gasteiger partial charge in [0.25, 0.3) is 0 Å². The molecule has 0 aromatic carbocycles. The Morgan fingerprint density at radius 3 is 2.94 bits per heavy atom. The second-order valence-electron chi connectivity index (χ2n) is 3.89. The van der Waals surface area contributed by atoms with Crippen molar-refractivity contribution in [2.45, 2.75) is 26.7 Å². The van der Waals surface area contributed by atoms with Crippen LogP contribution in [0.4, 0.5) is 11.5 Å². The SMILES string of the molecule is CCCCOCCNc1ncc(N)c(C)c1Br. The third-order valence-corrected chi connectivity index (χ3v) is 3.45. The van der Waals surface area contributed by atoms with Crippen LogP contribution in [-0.2, 0) is 4.74 Å². The highest BCUT2D eigenvalue weighted by Gasteiger charge is 2.06. The Hall–Kier alpha value is -0.810. The van der Waals surface area contributed by atoms with Crippen molar-refractivity contribution in [3.63, 3.8) is 0 Å². The van der Waals surface area contributed by atoms with Crippen LogP contribution in [0.25, 0.3) is 0 Å². The lowest BCUT2D eigenvalue weighted by Crippen LogP contribution is -2.12. The number of pyridine rings is 1. The van der Waals surface area contributed by atoms with Crippen molar-refractivity contribution in [2.75, 3.05) is 30.8 Å². The number of anilines is 2. The number of aromatic nitrogens is 1. The number of hydrogen-bond donors (Lipinski definition) is 2. The van der Waals surface area contributed by atoms with Crippen molar-refractivity contribution in [1.82, 2.24) is 4.98 Å². The van der Waals surface area contributed by atoms with E-state index in [1.54, 1.807) is 6.20 Å². The first-order valence-corrected chi connectivity index (χ1v) is 6.68. The summed E-state index contributed by atoms with van der Waals surface area (Å²) < 4.78 is 6.38. The van der Waals surface area contributed by atoms with Gasteiger partial charge in [-0.15, -0.1) is 0 Å². The summed E-state index contributed by atoms with van der Waals surface area (Å²) in [6.07, 6.45) is 3.95. The van der Waals surface area contributed by atoms with Crippen LogP contribution in [0.3, 0.4) is 0 Å². The van der Waals surface area contributed by atoms with Crippen molar-refractivity contribution in [1.29, 1.82) is 0 Å². The first-order valence-electron chi connectivity index (χ1n) is 5.89. The summed E-state index contributed by atoms with van der Waals surface area (Å²) in [5.41, 5.74) is 7.46. The molecular formula is C12H20BrN3O. The minimum atomic E-state index is 0.692. The van der Waals surface area contributed by atoms with E-state index in [2.05, 4.69) is 33.2 Å². The van der Waals surface area contributed by atoms with Gasteiger partial charge < -0.3 is 15.8 Å². The van der Waals surface area contributed by atoms with E-state index < -0.39 is 0 Å². The molecule has 0 saturated heterocycles. The normalized spacial score (nSPS) is 10.5. The molecule has 0 aliphatic rings. The zero-order chi connectivity index (χ0) is 12.7. The molecule has 17 heavy (non-hydrogen) atoms. The molecule has 0 radical (unpaired) electrons. The Kier molecular flexibility index (Phi) is 6.29. The number of ether oxygens (including phenoxy) is 1. The van der Waals surface area contributed by atoms with Crippen molar-refractivity contribution in [2.24, 2.45) is 0 Å². The van der Waals surface area contributed by atoms with E-state index in [1.165, 1.54) is 0 Å². The molecule has 0 atom stereocenters. The van der Waals surface area contributed by atoms with Gasteiger partial charge in [-0.1, -0.05) is 13.3 Å². The maximum Gasteiger partial charge on any atom is 0.140 e. The van der Waals surface area contributed by atoms with E-state index >= 15 is 0 Å². The third-order valence-electron chi connectivity index (χ3n) is 2.48. The summed E-state index contributed by atoms with van der Waals surface area (Å²) in [5.74, 6) is 0.816. The summed E-state index contributed by atoms with van der Waals surface area (Å²) >= 11 is 3.48. The Bertz CT molecular complexity index is 358. The van der Waals surface area contributed by atoms with Crippen molar-refractivity contribution < 1.29 is 4.74 Å². The standard InChI is InChI=1S/C12H20BrN3O/c1-3-4-6-17-7-5-15-12-11(13)9(2)10(14)8-16-12/h8H,3-7,14H2,1-2H3,(H,15,16). The molecule has 1 rings (SSSR count). The third kappa shape index (κ3) is 4.52. The molecule has 0 bridgehead atoms. The largest absolute Gasteiger partial charge is 0.397 e. The molecule has 0 saturated carbocycles. The molecule has 0 aliphatic carbocycles. The average molecular weight is 302 g/mol. The number of hydrogen-bond acceptors (Lipinski definition) is 4. The molecule has 0 unspecified atom stereocenters. The highest BCUT2D eigenvalue weighted by atomic mass is 79.9. The fourth-order valence-corrected chi connectivity index (χ4v) is 1.78. The van der Waals surface area contributed by atoms with Gasteiger partial charge in [-0.2, -0.15) is 0 Å². The van der Waals surface area contributed by atoms with Crippen LogP contribution < -0.4 is 11.1 Å². The van der Waals surface area contributed by atoms with Crippen LogP contribution in [0, 0.1) is 6.92 Å². The number of halogens is 1. The molecule has 3 N–H and O–H groups in total. The van der Waals surface area contributed by atoms with Crippen LogP contribution in [0.5, 0.6) is 0 Å². The Balaban J connectivity index is 2.35. The maximum absolute atomic E-state index is 5.75. The van der Waals surface area contributed by atoms with E-state index in [1.807, 2.05) is 6.92 Å². The molecule has 1 aromatic rings. The molecule has 0 amide bonds. The number of nitrogens with one attached hydrogen (secondary N) is 1. The van der Waals surface area contributed by atoms with Crippen LogP contribution in [-0.4, -0.2) is 24.7 Å². The summed E-state index contributed by atoms with van der Waals surface area (Å²) in [5, 5.41) is 3.22. The summed E-state index contributed by atoms with van der Waals surface area (Å²) in [6.45, 7) is 6.38. The van der Waals surface area contributed by atoms with Gasteiger partial charge in [-0.25, -0.2) is 4.98 Å². The molecule has 1 aromatic heterocycles. The molecule has 0 fully saturated rings. The Morgan fingerprint density at radius 1 is 1.47 bits per heavy atom. The number of unbranched alkanes of at least 4 members (excludes halogenated alkanes) is 1. The first-order chi connectivity index (χ1) is 8.16. The minimum Gasteiger partial charge on any atom is -0.397 e. The fraction of sp³-hybridized carbons (Fsp3) is 0.583. The first kappa shape index (κ1) is 14.3. The molecular weight excluding hydrogens is 282 g/mol. The second-order valence-corrected chi connectivity index (χ2v) is 4.69. The van der Waals surface area contributed by atoms with Gasteiger partial charge in [-0.3, -0.25) is 0 Å². The van der Waals surface area contributed by atoms with Crippen molar-refractivity contribution in [3.05, 3.63) is 16.2 Å². The van der Waals surface area contributed by atoms with Gasteiger partial charge in [0.15, 0.2) is 0 Å². The van der Waals surface area contributed by atoms with Gasteiger partial charge in [0, 0.05) is 13.2 Å². The van der Waals surface area contributed by atoms with E-state index in [4.69, 9.17) is 10.5 Å². The van der Waals surface area contributed by atoms with Crippen LogP contribution in [0.1, 0.15) is 25.3 Å². The van der Waals surface area contributed by atoms with Gasteiger partial charge >= 0.3 is 0 Å². The fourth-order valence-electron chi connectivity index (χ4n) is 1.31. The summed E-state index contributed by atoms with van der Waals surface area (Å²) in [6, 6.07) is 0. The highest BCUT2D eigenvalue weighted by molar-refractivity contribution is 9.10. The second kappa shape index (κ2) is 7.50.